The van der Waals surface area contributed by atoms with E-state index in [-0.39, 0.29) is 22.8 Å². The van der Waals surface area contributed by atoms with Crippen molar-refractivity contribution >= 4 is 11.6 Å². The van der Waals surface area contributed by atoms with Crippen molar-refractivity contribution in [3.8, 4) is 11.6 Å². The summed E-state index contributed by atoms with van der Waals surface area (Å²) in [5, 5.41) is 6.40. The quantitative estimate of drug-likeness (QED) is 0.687. The van der Waals surface area contributed by atoms with Gasteiger partial charge in [-0.2, -0.15) is 18.3 Å². The molecule has 3 rings (SSSR count). The molecule has 2 aromatic heterocycles. The molecule has 10 heteroatoms. The van der Waals surface area contributed by atoms with Gasteiger partial charge in [-0.1, -0.05) is 0 Å². The van der Waals surface area contributed by atoms with Gasteiger partial charge in [0.15, 0.2) is 12.4 Å². The van der Waals surface area contributed by atoms with Gasteiger partial charge in [0.05, 0.1) is 5.56 Å². The molecule has 6 nitrogen and oxygen atoms in total. The predicted molar refractivity (Wildman–Crippen MR) is 87.3 cm³/mol. The van der Waals surface area contributed by atoms with Crippen LogP contribution in [0.5, 0.6) is 5.88 Å². The summed E-state index contributed by atoms with van der Waals surface area (Å²) in [5.41, 5.74) is 0.488. The molecule has 0 aliphatic rings. The minimum Gasteiger partial charge on any atom is -0.468 e. The van der Waals surface area contributed by atoms with Crippen LogP contribution in [0.4, 0.5) is 23.2 Å². The Hall–Kier alpha value is -3.43. The molecular weight excluding hydrogens is 368 g/mol. The molecule has 0 atom stereocenters. The molecule has 0 unspecified atom stereocenters. The third kappa shape index (κ3) is 4.81. The highest BCUT2D eigenvalue weighted by Gasteiger charge is 2.28. The van der Waals surface area contributed by atoms with Gasteiger partial charge in [-0.25, -0.2) is 14.1 Å². The van der Waals surface area contributed by atoms with Crippen LogP contribution >= 0.6 is 0 Å². The van der Waals surface area contributed by atoms with Crippen molar-refractivity contribution in [2.45, 2.75) is 6.18 Å². The average Bonchev–Trinajstić information content (AvgIpc) is 3.14. The first-order valence-electron chi connectivity index (χ1n) is 7.58. The number of nitrogens with zero attached hydrogens (tertiary/aromatic N) is 3. The molecule has 27 heavy (non-hydrogen) atoms. The fraction of sp³-hybridized carbons (Fsp3) is 0.118. The summed E-state index contributed by atoms with van der Waals surface area (Å²) in [6.07, 6.45) is -0.339. The fourth-order valence-corrected chi connectivity index (χ4v) is 2.14. The molecule has 1 amide bonds. The zero-order chi connectivity index (χ0) is 19.4. The largest absolute Gasteiger partial charge is 0.468 e. The Bertz CT molecular complexity index is 925. The molecule has 0 saturated heterocycles. The summed E-state index contributed by atoms with van der Waals surface area (Å²) in [6, 6.07) is 8.11. The van der Waals surface area contributed by atoms with Gasteiger partial charge in [0, 0.05) is 30.3 Å². The third-order valence-corrected chi connectivity index (χ3v) is 3.34. The maximum absolute atomic E-state index is 14.2. The van der Waals surface area contributed by atoms with E-state index in [0.717, 1.165) is 18.3 Å². The molecule has 140 valence electrons. The number of carbonyl (C=O) groups is 1. The van der Waals surface area contributed by atoms with Gasteiger partial charge in [-0.3, -0.25) is 4.79 Å². The normalized spacial score (nSPS) is 11.3. The van der Waals surface area contributed by atoms with Crippen LogP contribution in [0.25, 0.3) is 5.69 Å². The molecule has 3 aromatic rings. The molecule has 2 heterocycles. The highest BCUT2D eigenvalue weighted by Crippen LogP contribution is 2.19. The number of nitrogens with one attached hydrogen (secondary N) is 1. The van der Waals surface area contributed by atoms with Crippen molar-refractivity contribution in [2.24, 2.45) is 0 Å². The molecule has 0 spiro atoms. The summed E-state index contributed by atoms with van der Waals surface area (Å²) in [6.45, 7) is -1.48. The van der Waals surface area contributed by atoms with Crippen LogP contribution in [0.15, 0.2) is 55.0 Å². The van der Waals surface area contributed by atoms with E-state index in [4.69, 9.17) is 0 Å². The van der Waals surface area contributed by atoms with E-state index in [2.05, 4.69) is 20.1 Å². The number of ether oxygens (including phenoxy) is 1. The van der Waals surface area contributed by atoms with Gasteiger partial charge in [0.1, 0.15) is 5.69 Å². The molecule has 0 bridgehead atoms. The first kappa shape index (κ1) is 18.4. The lowest BCUT2D eigenvalue weighted by Gasteiger charge is -2.10. The second-order valence-corrected chi connectivity index (χ2v) is 5.36. The Morgan fingerprint density at radius 3 is 2.63 bits per heavy atom. The molecule has 1 aromatic carbocycles. The number of pyridine rings is 1. The average molecular weight is 380 g/mol. The van der Waals surface area contributed by atoms with Crippen LogP contribution in [0.1, 0.15) is 10.4 Å². The SMILES string of the molecule is O=C(Nc1ccc(-n2cccn2)c(F)c1)c1ccc(OCC(F)(F)F)nc1. The number of benzene rings is 1. The number of aromatic nitrogens is 3. The van der Waals surface area contributed by atoms with Crippen molar-refractivity contribution < 1.29 is 27.1 Å². The molecule has 0 fully saturated rings. The maximum atomic E-state index is 14.2. The zero-order valence-corrected chi connectivity index (χ0v) is 13.6. The Morgan fingerprint density at radius 1 is 1.22 bits per heavy atom. The second kappa shape index (κ2) is 7.44. The van der Waals surface area contributed by atoms with Crippen LogP contribution in [0, 0.1) is 5.82 Å². The van der Waals surface area contributed by atoms with Crippen LogP contribution in [-0.2, 0) is 0 Å². The smallest absolute Gasteiger partial charge is 0.422 e. The number of amides is 1. The summed E-state index contributed by atoms with van der Waals surface area (Å²) in [4.78, 5) is 15.8. The van der Waals surface area contributed by atoms with Crippen LogP contribution in [0.2, 0.25) is 0 Å². The van der Waals surface area contributed by atoms with E-state index in [1.807, 2.05) is 0 Å². The summed E-state index contributed by atoms with van der Waals surface area (Å²) in [5.74, 6) is -1.46. The molecule has 0 aliphatic heterocycles. The van der Waals surface area contributed by atoms with Crippen molar-refractivity contribution in [2.75, 3.05) is 11.9 Å². The topological polar surface area (TPSA) is 69.0 Å². The Kier molecular flexibility index (Phi) is 5.06. The van der Waals surface area contributed by atoms with Crippen LogP contribution < -0.4 is 10.1 Å². The van der Waals surface area contributed by atoms with Gasteiger partial charge in [0.2, 0.25) is 5.88 Å². The Labute approximate surface area is 150 Å². The monoisotopic (exact) mass is 380 g/mol. The summed E-state index contributed by atoms with van der Waals surface area (Å²) >= 11 is 0. The standard InChI is InChI=1S/C17H12F4N4O2/c18-13-8-12(3-4-14(13)25-7-1-6-23-25)24-16(26)11-2-5-15(22-9-11)27-10-17(19,20)21/h1-9H,10H2,(H,24,26). The first-order valence-corrected chi connectivity index (χ1v) is 7.58. The van der Waals surface area contributed by atoms with Gasteiger partial charge < -0.3 is 10.1 Å². The van der Waals surface area contributed by atoms with E-state index in [9.17, 15) is 22.4 Å². The number of halogens is 4. The lowest BCUT2D eigenvalue weighted by atomic mass is 10.2. The van der Waals surface area contributed by atoms with Crippen molar-refractivity contribution in [1.29, 1.82) is 0 Å². The van der Waals surface area contributed by atoms with E-state index in [1.165, 1.54) is 29.1 Å². The number of carbonyl (C=O) groups excluding carboxylic acids is 1. The second-order valence-electron chi connectivity index (χ2n) is 5.36. The number of rotatable bonds is 5. The maximum Gasteiger partial charge on any atom is 0.422 e. The fourth-order valence-electron chi connectivity index (χ4n) is 2.14. The van der Waals surface area contributed by atoms with Crippen molar-refractivity contribution in [1.82, 2.24) is 14.8 Å². The molecule has 0 aliphatic carbocycles. The van der Waals surface area contributed by atoms with Gasteiger partial charge in [0.25, 0.3) is 5.91 Å². The van der Waals surface area contributed by atoms with Crippen molar-refractivity contribution in [3.05, 3.63) is 66.4 Å². The van der Waals surface area contributed by atoms with Gasteiger partial charge >= 0.3 is 6.18 Å². The molecule has 0 saturated carbocycles. The van der Waals surface area contributed by atoms with E-state index in [0.29, 0.717) is 0 Å². The zero-order valence-electron chi connectivity index (χ0n) is 13.6. The van der Waals surface area contributed by atoms with E-state index < -0.39 is 24.5 Å². The Morgan fingerprint density at radius 2 is 2.04 bits per heavy atom. The molecule has 1 N–H and O–H groups in total. The van der Waals surface area contributed by atoms with Crippen molar-refractivity contribution in [3.63, 3.8) is 0 Å². The summed E-state index contributed by atoms with van der Waals surface area (Å²) < 4.78 is 56.2. The molecular formula is C17H12F4N4O2. The predicted octanol–water partition coefficient (Wildman–Crippen LogP) is 3.60. The van der Waals surface area contributed by atoms with Crippen LogP contribution in [0.3, 0.4) is 0 Å². The Balaban J connectivity index is 1.66. The lowest BCUT2D eigenvalue weighted by Crippen LogP contribution is -2.19. The first-order chi connectivity index (χ1) is 12.8. The van der Waals surface area contributed by atoms with Gasteiger partial charge in [-0.15, -0.1) is 0 Å². The lowest BCUT2D eigenvalue weighted by molar-refractivity contribution is -0.154. The van der Waals surface area contributed by atoms with E-state index in [1.54, 1.807) is 12.3 Å². The minimum absolute atomic E-state index is 0.0749. The highest BCUT2D eigenvalue weighted by molar-refractivity contribution is 6.04. The van der Waals surface area contributed by atoms with Gasteiger partial charge in [-0.05, 0) is 30.3 Å². The number of anilines is 1. The minimum atomic E-state index is -4.48. The number of alkyl halides is 3. The van der Waals surface area contributed by atoms with E-state index >= 15 is 0 Å². The third-order valence-electron chi connectivity index (χ3n) is 3.34. The number of hydrogen-bond acceptors (Lipinski definition) is 4. The highest BCUT2D eigenvalue weighted by atomic mass is 19.4. The summed E-state index contributed by atoms with van der Waals surface area (Å²) in [7, 11) is 0. The molecule has 0 radical (unpaired) electrons. The number of hydrogen-bond donors (Lipinski definition) is 1. The van der Waals surface area contributed by atoms with Crippen LogP contribution in [-0.4, -0.2) is 33.5 Å².